The van der Waals surface area contributed by atoms with Crippen LogP contribution in [0.25, 0.3) is 0 Å². The molecule has 10 heteroatoms. The second-order valence-electron chi connectivity index (χ2n) is 6.96. The molecule has 0 radical (unpaired) electrons. The summed E-state index contributed by atoms with van der Waals surface area (Å²) < 4.78 is 64.1. The van der Waals surface area contributed by atoms with Crippen LogP contribution in [-0.2, 0) is 12.8 Å². The number of halogens is 5. The molecule has 0 aromatic heterocycles. The molecule has 34 heavy (non-hydrogen) atoms. The van der Waals surface area contributed by atoms with Crippen molar-refractivity contribution in [3.63, 3.8) is 0 Å². The van der Waals surface area contributed by atoms with Crippen molar-refractivity contribution in [1.82, 2.24) is 5.43 Å². The highest BCUT2D eigenvalue weighted by Crippen LogP contribution is 2.34. The minimum absolute atomic E-state index is 0.133. The van der Waals surface area contributed by atoms with Gasteiger partial charge < -0.3 is 9.47 Å². The third kappa shape index (κ3) is 6.92. The van der Waals surface area contributed by atoms with Crippen molar-refractivity contribution in [2.24, 2.45) is 5.10 Å². The van der Waals surface area contributed by atoms with E-state index in [0.717, 1.165) is 18.2 Å². The molecule has 1 N–H and O–H groups in total. The van der Waals surface area contributed by atoms with Crippen molar-refractivity contribution in [3.05, 3.63) is 92.3 Å². The first-order valence-electron chi connectivity index (χ1n) is 10.0. The van der Waals surface area contributed by atoms with Gasteiger partial charge in [-0.25, -0.2) is 9.82 Å². The molecule has 0 aliphatic rings. The highest BCUT2D eigenvalue weighted by molar-refractivity contribution is 14.1. The summed E-state index contributed by atoms with van der Waals surface area (Å²) in [5, 5.41) is 3.84. The largest absolute Gasteiger partial charge is 0.490 e. The number of nitrogens with zero attached hydrogens (tertiary/aromatic N) is 1. The number of hydrogen-bond acceptors (Lipinski definition) is 4. The number of amides is 1. The van der Waals surface area contributed by atoms with Gasteiger partial charge in [-0.15, -0.1) is 0 Å². The van der Waals surface area contributed by atoms with E-state index in [1.54, 1.807) is 31.2 Å². The van der Waals surface area contributed by atoms with Gasteiger partial charge in [0, 0.05) is 5.56 Å². The number of ether oxygens (including phenoxy) is 2. The molecule has 0 aliphatic heterocycles. The standard InChI is InChI=1S/C24H19F4IN2O3/c1-2-33-21-11-16(10-20(29)22(21)34-14-15-5-3-8-19(25)9-15)13-30-31-23(32)17-6-4-7-18(12-17)24(26,27)28/h3-13H,2,14H2,1H3,(H,31,32)/b30-13-. The number of carbonyl (C=O) groups excluding carboxylic acids is 1. The van der Waals surface area contributed by atoms with Crippen LogP contribution in [0, 0.1) is 9.39 Å². The average Bonchev–Trinajstić information content (AvgIpc) is 2.78. The Morgan fingerprint density at radius 1 is 1.09 bits per heavy atom. The molecule has 5 nitrogen and oxygen atoms in total. The second kappa shape index (κ2) is 11.3. The van der Waals surface area contributed by atoms with Gasteiger partial charge in [0.1, 0.15) is 12.4 Å². The van der Waals surface area contributed by atoms with Crippen molar-refractivity contribution in [2.75, 3.05) is 6.61 Å². The quantitative estimate of drug-likeness (QED) is 0.148. The smallest absolute Gasteiger partial charge is 0.416 e. The van der Waals surface area contributed by atoms with E-state index in [0.29, 0.717) is 32.8 Å². The Balaban J connectivity index is 1.72. The topological polar surface area (TPSA) is 59.9 Å². The summed E-state index contributed by atoms with van der Waals surface area (Å²) in [5.74, 6) is -0.245. The lowest BCUT2D eigenvalue weighted by molar-refractivity contribution is -0.137. The molecular formula is C24H19F4IN2O3. The fourth-order valence-electron chi connectivity index (χ4n) is 2.91. The van der Waals surface area contributed by atoms with Crippen LogP contribution in [0.3, 0.4) is 0 Å². The summed E-state index contributed by atoms with van der Waals surface area (Å²) in [6, 6.07) is 13.5. The van der Waals surface area contributed by atoms with E-state index < -0.39 is 17.6 Å². The Bertz CT molecular complexity index is 1200. The van der Waals surface area contributed by atoms with Crippen LogP contribution in [0.5, 0.6) is 11.5 Å². The SMILES string of the molecule is CCOc1cc(/C=N\NC(=O)c2cccc(C(F)(F)F)c2)cc(I)c1OCc1cccc(F)c1. The monoisotopic (exact) mass is 586 g/mol. The Morgan fingerprint density at radius 3 is 2.56 bits per heavy atom. The van der Waals surface area contributed by atoms with Crippen LogP contribution in [0.4, 0.5) is 17.6 Å². The maximum Gasteiger partial charge on any atom is 0.416 e. The maximum absolute atomic E-state index is 13.4. The highest BCUT2D eigenvalue weighted by Gasteiger charge is 2.30. The summed E-state index contributed by atoms with van der Waals surface area (Å²) in [7, 11) is 0. The van der Waals surface area contributed by atoms with E-state index in [1.807, 2.05) is 0 Å². The Labute approximate surface area is 206 Å². The molecule has 0 saturated heterocycles. The number of alkyl halides is 3. The van der Waals surface area contributed by atoms with Gasteiger partial charge in [-0.3, -0.25) is 4.79 Å². The number of rotatable bonds is 8. The summed E-state index contributed by atoms with van der Waals surface area (Å²) in [4.78, 5) is 12.2. The molecule has 0 spiro atoms. The van der Waals surface area contributed by atoms with Gasteiger partial charge in [0.25, 0.3) is 5.91 Å². The third-order valence-electron chi connectivity index (χ3n) is 4.44. The highest BCUT2D eigenvalue weighted by atomic mass is 127. The number of nitrogens with one attached hydrogen (secondary N) is 1. The fourth-order valence-corrected chi connectivity index (χ4v) is 3.70. The molecule has 0 fully saturated rings. The summed E-state index contributed by atoms with van der Waals surface area (Å²) >= 11 is 2.05. The van der Waals surface area contributed by atoms with Crippen molar-refractivity contribution in [3.8, 4) is 11.5 Å². The number of hydrazone groups is 1. The number of hydrogen-bond donors (Lipinski definition) is 1. The van der Waals surface area contributed by atoms with Gasteiger partial charge >= 0.3 is 6.18 Å². The zero-order valence-corrected chi connectivity index (χ0v) is 20.0. The van der Waals surface area contributed by atoms with Crippen LogP contribution < -0.4 is 14.9 Å². The Morgan fingerprint density at radius 2 is 1.85 bits per heavy atom. The molecule has 0 unspecified atom stereocenters. The lowest BCUT2D eigenvalue weighted by atomic mass is 10.1. The average molecular weight is 586 g/mol. The third-order valence-corrected chi connectivity index (χ3v) is 5.24. The first-order valence-corrected chi connectivity index (χ1v) is 11.1. The minimum Gasteiger partial charge on any atom is -0.490 e. The fraction of sp³-hybridized carbons (Fsp3) is 0.167. The molecule has 1 amide bonds. The number of benzene rings is 3. The lowest BCUT2D eigenvalue weighted by Gasteiger charge is -2.15. The van der Waals surface area contributed by atoms with Gasteiger partial charge in [0.15, 0.2) is 11.5 Å². The Kier molecular flexibility index (Phi) is 8.48. The summed E-state index contributed by atoms with van der Waals surface area (Å²) in [5.41, 5.74) is 2.34. The van der Waals surface area contributed by atoms with Crippen molar-refractivity contribution in [2.45, 2.75) is 19.7 Å². The van der Waals surface area contributed by atoms with Crippen molar-refractivity contribution >= 4 is 34.7 Å². The minimum atomic E-state index is -4.55. The summed E-state index contributed by atoms with van der Waals surface area (Å²) in [6.07, 6.45) is -3.21. The van der Waals surface area contributed by atoms with Gasteiger partial charge in [-0.05, 0) is 83.1 Å². The van der Waals surface area contributed by atoms with Crippen molar-refractivity contribution < 1.29 is 31.8 Å². The van der Waals surface area contributed by atoms with Crippen molar-refractivity contribution in [1.29, 1.82) is 0 Å². The Hall–Kier alpha value is -3.15. The zero-order valence-electron chi connectivity index (χ0n) is 17.8. The molecule has 0 bridgehead atoms. The van der Waals surface area contributed by atoms with Crippen LogP contribution in [-0.4, -0.2) is 18.7 Å². The first-order chi connectivity index (χ1) is 16.2. The van der Waals surface area contributed by atoms with Gasteiger partial charge in [0.2, 0.25) is 0 Å². The van der Waals surface area contributed by atoms with E-state index in [2.05, 4.69) is 33.1 Å². The van der Waals surface area contributed by atoms with Gasteiger partial charge in [-0.1, -0.05) is 18.2 Å². The molecule has 0 atom stereocenters. The number of carbonyl (C=O) groups is 1. The molecule has 0 saturated carbocycles. The maximum atomic E-state index is 13.4. The van der Waals surface area contributed by atoms with Crippen LogP contribution in [0.15, 0.2) is 65.8 Å². The van der Waals surface area contributed by atoms with E-state index >= 15 is 0 Å². The molecule has 0 heterocycles. The van der Waals surface area contributed by atoms with Crippen LogP contribution in [0.2, 0.25) is 0 Å². The molecular weight excluding hydrogens is 567 g/mol. The van der Waals surface area contributed by atoms with E-state index in [4.69, 9.17) is 9.47 Å². The van der Waals surface area contributed by atoms with Gasteiger partial charge in [-0.2, -0.15) is 18.3 Å². The van der Waals surface area contributed by atoms with E-state index in [1.165, 1.54) is 24.4 Å². The predicted octanol–water partition coefficient (Wildman–Crippen LogP) is 6.19. The summed E-state index contributed by atoms with van der Waals surface area (Å²) in [6.45, 7) is 2.30. The van der Waals surface area contributed by atoms with Crippen LogP contribution >= 0.6 is 22.6 Å². The molecule has 3 aromatic rings. The zero-order chi connectivity index (χ0) is 24.7. The van der Waals surface area contributed by atoms with Crippen LogP contribution in [0.1, 0.15) is 34.0 Å². The normalized spacial score (nSPS) is 11.5. The second-order valence-corrected chi connectivity index (χ2v) is 8.12. The molecule has 0 aliphatic carbocycles. The van der Waals surface area contributed by atoms with Gasteiger partial charge in [0.05, 0.1) is 22.0 Å². The van der Waals surface area contributed by atoms with E-state index in [9.17, 15) is 22.4 Å². The van der Waals surface area contributed by atoms with E-state index in [-0.39, 0.29) is 18.0 Å². The lowest BCUT2D eigenvalue weighted by Crippen LogP contribution is -2.18. The first kappa shape index (κ1) is 25.5. The molecule has 3 aromatic carbocycles. The molecule has 3 rings (SSSR count). The molecule has 178 valence electrons. The predicted molar refractivity (Wildman–Crippen MR) is 128 cm³/mol.